The van der Waals surface area contributed by atoms with Crippen molar-refractivity contribution in [2.75, 3.05) is 13.1 Å². The Bertz CT molecular complexity index is 662. The number of rotatable bonds is 3. The summed E-state index contributed by atoms with van der Waals surface area (Å²) in [5.41, 5.74) is 4.14. The highest BCUT2D eigenvalue weighted by Gasteiger charge is 2.36. The van der Waals surface area contributed by atoms with Crippen LogP contribution in [-0.4, -0.2) is 46.9 Å². The highest BCUT2D eigenvalue weighted by Crippen LogP contribution is 2.22. The van der Waals surface area contributed by atoms with Crippen molar-refractivity contribution in [1.29, 1.82) is 0 Å². The molecule has 1 aromatic heterocycles. The minimum atomic E-state index is 0.315. The Morgan fingerprint density at radius 3 is 3.23 bits per heavy atom. The van der Waals surface area contributed by atoms with Gasteiger partial charge in [-0.15, -0.1) is 0 Å². The maximum absolute atomic E-state index is 4.67. The van der Waals surface area contributed by atoms with Crippen molar-refractivity contribution in [3.63, 3.8) is 0 Å². The second kappa shape index (κ2) is 5.59. The van der Waals surface area contributed by atoms with Crippen molar-refractivity contribution in [1.82, 2.24) is 20.6 Å². The van der Waals surface area contributed by atoms with Crippen LogP contribution in [-0.2, 0) is 6.54 Å². The molecule has 7 heteroatoms. The van der Waals surface area contributed by atoms with Gasteiger partial charge in [-0.2, -0.15) is 5.10 Å². The maximum Gasteiger partial charge on any atom is 0.171 e. The average Bonchev–Trinajstić information content (AvgIpc) is 3.22. The summed E-state index contributed by atoms with van der Waals surface area (Å²) < 4.78 is 0. The second-order valence-electron chi connectivity index (χ2n) is 5.43. The summed E-state index contributed by atoms with van der Waals surface area (Å²) >= 11 is 0. The number of hydrogen-bond donors (Lipinski definition) is 2. The minimum absolute atomic E-state index is 0.315. The summed E-state index contributed by atoms with van der Waals surface area (Å²) in [7, 11) is 0. The Labute approximate surface area is 128 Å². The molecule has 0 aromatic carbocycles. The smallest absolute Gasteiger partial charge is 0.171 e. The average molecular weight is 295 g/mol. The molecule has 0 amide bonds. The van der Waals surface area contributed by atoms with E-state index in [-0.39, 0.29) is 0 Å². The highest BCUT2D eigenvalue weighted by molar-refractivity contribution is 6.41. The van der Waals surface area contributed by atoms with Crippen molar-refractivity contribution in [3.8, 4) is 0 Å². The molecule has 112 valence electrons. The largest absolute Gasteiger partial charge is 0.363 e. The lowest BCUT2D eigenvalue weighted by molar-refractivity contribution is 0.373. The van der Waals surface area contributed by atoms with Gasteiger partial charge in [0.15, 0.2) is 11.7 Å². The number of hydrazone groups is 1. The van der Waals surface area contributed by atoms with E-state index in [9.17, 15) is 0 Å². The van der Waals surface area contributed by atoms with Crippen LogP contribution in [0.5, 0.6) is 0 Å². The molecule has 2 N–H and O–H groups in total. The Morgan fingerprint density at radius 2 is 2.41 bits per heavy atom. The van der Waals surface area contributed by atoms with Crippen LogP contribution in [0.15, 0.2) is 52.0 Å². The molecule has 4 heterocycles. The zero-order chi connectivity index (χ0) is 14.8. The Balaban J connectivity index is 1.45. The van der Waals surface area contributed by atoms with E-state index in [1.807, 2.05) is 36.9 Å². The van der Waals surface area contributed by atoms with Gasteiger partial charge in [0.05, 0.1) is 12.6 Å². The van der Waals surface area contributed by atoms with E-state index in [0.717, 1.165) is 30.3 Å². The molecule has 0 saturated heterocycles. The van der Waals surface area contributed by atoms with Gasteiger partial charge in [-0.05, 0) is 11.6 Å². The number of nitrogens with zero attached hydrogens (tertiary/aromatic N) is 5. The van der Waals surface area contributed by atoms with Crippen LogP contribution in [0.4, 0.5) is 0 Å². The Morgan fingerprint density at radius 1 is 1.41 bits per heavy atom. The molecule has 2 atom stereocenters. The molecule has 22 heavy (non-hydrogen) atoms. The fourth-order valence-corrected chi connectivity index (χ4v) is 2.87. The molecule has 0 spiro atoms. The molecule has 2 unspecified atom stereocenters. The number of nitrogens with one attached hydrogen (secondary N) is 2. The van der Waals surface area contributed by atoms with Crippen LogP contribution in [0.2, 0.25) is 0 Å². The van der Waals surface area contributed by atoms with E-state index in [1.165, 1.54) is 0 Å². The van der Waals surface area contributed by atoms with Crippen molar-refractivity contribution >= 4 is 17.9 Å². The van der Waals surface area contributed by atoms with Gasteiger partial charge in [-0.3, -0.25) is 9.98 Å². The number of fused-ring (bicyclic) bond motifs is 1. The lowest BCUT2D eigenvalue weighted by Crippen LogP contribution is -2.46. The summed E-state index contributed by atoms with van der Waals surface area (Å²) in [6.07, 6.45) is 9.42. The van der Waals surface area contributed by atoms with Crippen molar-refractivity contribution in [2.24, 2.45) is 21.0 Å². The van der Waals surface area contributed by atoms with Gasteiger partial charge in [0, 0.05) is 50.0 Å². The summed E-state index contributed by atoms with van der Waals surface area (Å²) in [5.74, 6) is 2.11. The van der Waals surface area contributed by atoms with E-state index < -0.39 is 0 Å². The zero-order valence-electron chi connectivity index (χ0n) is 12.1. The fraction of sp³-hybridized carbons (Fsp3) is 0.333. The van der Waals surface area contributed by atoms with Crippen molar-refractivity contribution < 1.29 is 0 Å². The summed E-state index contributed by atoms with van der Waals surface area (Å²) in [5, 5.41) is 7.47. The van der Waals surface area contributed by atoms with Crippen LogP contribution < -0.4 is 10.7 Å². The molecular weight excluding hydrogens is 278 g/mol. The number of amidine groups is 2. The van der Waals surface area contributed by atoms with Crippen LogP contribution in [0, 0.1) is 5.92 Å². The summed E-state index contributed by atoms with van der Waals surface area (Å²) in [4.78, 5) is 15.4. The predicted molar refractivity (Wildman–Crippen MR) is 85.6 cm³/mol. The summed E-state index contributed by atoms with van der Waals surface area (Å²) in [6.45, 7) is 2.32. The first kappa shape index (κ1) is 13.0. The minimum Gasteiger partial charge on any atom is -0.363 e. The topological polar surface area (TPSA) is 77.3 Å². The first-order valence-electron chi connectivity index (χ1n) is 7.38. The molecule has 3 aliphatic heterocycles. The van der Waals surface area contributed by atoms with Gasteiger partial charge < -0.3 is 15.6 Å². The SMILES string of the molecule is C1=CN2C(=NCC2C2C=NNC2)C(NCc2cccnc2)=N1. The van der Waals surface area contributed by atoms with Gasteiger partial charge in [0.2, 0.25) is 0 Å². The molecule has 4 rings (SSSR count). The van der Waals surface area contributed by atoms with Gasteiger partial charge >= 0.3 is 0 Å². The number of aromatic nitrogens is 1. The van der Waals surface area contributed by atoms with E-state index >= 15 is 0 Å². The van der Waals surface area contributed by atoms with Gasteiger partial charge in [0.1, 0.15) is 0 Å². The van der Waals surface area contributed by atoms with Gasteiger partial charge in [-0.1, -0.05) is 6.07 Å². The molecule has 7 nitrogen and oxygen atoms in total. The third-order valence-electron chi connectivity index (χ3n) is 4.03. The zero-order valence-corrected chi connectivity index (χ0v) is 12.1. The van der Waals surface area contributed by atoms with E-state index in [2.05, 4.69) is 35.7 Å². The van der Waals surface area contributed by atoms with Crippen molar-refractivity contribution in [2.45, 2.75) is 12.6 Å². The van der Waals surface area contributed by atoms with Crippen LogP contribution >= 0.6 is 0 Å². The number of hydrogen-bond acceptors (Lipinski definition) is 7. The molecule has 0 fully saturated rings. The predicted octanol–water partition coefficient (Wildman–Crippen LogP) is 0.342. The van der Waals surface area contributed by atoms with Gasteiger partial charge in [0.25, 0.3) is 0 Å². The van der Waals surface area contributed by atoms with E-state index in [1.54, 1.807) is 6.20 Å². The van der Waals surface area contributed by atoms with Crippen molar-refractivity contribution in [3.05, 3.63) is 42.5 Å². The highest BCUT2D eigenvalue weighted by atomic mass is 15.3. The van der Waals surface area contributed by atoms with E-state index in [4.69, 9.17) is 0 Å². The normalized spacial score (nSPS) is 25.5. The molecule has 1 aromatic rings. The third kappa shape index (κ3) is 2.34. The Kier molecular flexibility index (Phi) is 3.30. The molecule has 0 aliphatic carbocycles. The lowest BCUT2D eigenvalue weighted by atomic mass is 10.0. The maximum atomic E-state index is 4.67. The van der Waals surface area contributed by atoms with Crippen LogP contribution in [0.25, 0.3) is 0 Å². The number of aliphatic imine (C=N–C) groups is 2. The summed E-state index contributed by atoms with van der Waals surface area (Å²) in [6, 6.07) is 4.29. The molecular formula is C15H17N7. The van der Waals surface area contributed by atoms with Gasteiger partial charge in [-0.25, -0.2) is 4.99 Å². The quantitative estimate of drug-likeness (QED) is 0.843. The van der Waals surface area contributed by atoms with Crippen LogP contribution in [0.1, 0.15) is 5.56 Å². The number of pyridine rings is 1. The lowest BCUT2D eigenvalue weighted by Gasteiger charge is -2.29. The standard InChI is InChI=1S/C15H17N7/c1-2-11(6-16-3-1)7-18-14-15-19-10-13(12-8-20-21-9-12)22(15)5-4-17-14/h1-6,8,12-13,21H,7,9-10H2,(H,17,18). The molecule has 0 radical (unpaired) electrons. The van der Waals surface area contributed by atoms with Crippen LogP contribution in [0.3, 0.4) is 0 Å². The first-order chi connectivity index (χ1) is 10.9. The fourth-order valence-electron chi connectivity index (χ4n) is 2.87. The first-order valence-corrected chi connectivity index (χ1v) is 7.38. The Hall–Kier alpha value is -2.70. The molecule has 0 saturated carbocycles. The van der Waals surface area contributed by atoms with E-state index in [0.29, 0.717) is 18.5 Å². The molecule has 0 bridgehead atoms. The second-order valence-corrected chi connectivity index (χ2v) is 5.43. The monoisotopic (exact) mass is 295 g/mol. The third-order valence-corrected chi connectivity index (χ3v) is 4.03. The molecule has 3 aliphatic rings.